The van der Waals surface area contributed by atoms with Crippen LogP contribution in [0.3, 0.4) is 0 Å². The Kier molecular flexibility index (Phi) is 22.8. The summed E-state index contributed by atoms with van der Waals surface area (Å²) in [4.78, 5) is 9.76. The average molecular weight is 148 g/mol. The van der Waals surface area contributed by atoms with Gasteiger partial charge >= 0.3 is 5.97 Å². The Labute approximate surface area is 100.0 Å². The van der Waals surface area contributed by atoms with Gasteiger partial charge in [-0.15, -0.1) is 0 Å². The maximum Gasteiger partial charge on any atom is 0.303 e. The molecule has 44 valence electrons. The van der Waals surface area contributed by atoms with Crippen LogP contribution in [0.15, 0.2) is 0 Å². The minimum absolute atomic E-state index is 0. The second-order valence-corrected chi connectivity index (χ2v) is 1.50. The van der Waals surface area contributed by atoms with Gasteiger partial charge in [-0.05, 0) is 6.42 Å². The third-order valence-electron chi connectivity index (χ3n) is 0.744. The van der Waals surface area contributed by atoms with Crippen molar-refractivity contribution < 1.29 is 9.90 Å². The van der Waals surface area contributed by atoms with E-state index in [9.17, 15) is 4.79 Å². The predicted molar refractivity (Wildman–Crippen MR) is 38.7 cm³/mol. The molecule has 0 saturated heterocycles. The van der Waals surface area contributed by atoms with E-state index in [1.54, 1.807) is 0 Å². The number of carbonyl (C=O) groups is 1. The normalized spacial score (nSPS) is 6.78. The number of hydrogen-bond acceptors (Lipinski definition) is 1. The molecule has 0 aliphatic heterocycles. The van der Waals surface area contributed by atoms with Gasteiger partial charge in [-0.25, -0.2) is 0 Å². The molecule has 0 heterocycles. The maximum atomic E-state index is 9.76. The van der Waals surface area contributed by atoms with Crippen LogP contribution in [0.2, 0.25) is 0 Å². The number of carboxylic acids is 1. The number of carboxylic acid groups (broad SMARTS) is 1. The molecule has 0 bridgehead atoms. The molecule has 0 unspecified atom stereocenters. The van der Waals surface area contributed by atoms with Crippen molar-refractivity contribution >= 4 is 65.1 Å². The van der Waals surface area contributed by atoms with Gasteiger partial charge in [-0.1, -0.05) is 13.3 Å². The van der Waals surface area contributed by atoms with E-state index in [-0.39, 0.29) is 59.1 Å². The van der Waals surface area contributed by atoms with Crippen molar-refractivity contribution in [1.29, 1.82) is 0 Å². The van der Waals surface area contributed by atoms with E-state index in [2.05, 4.69) is 0 Å². The fraction of sp³-hybridized carbons (Fsp3) is 0.800. The molecule has 0 fully saturated rings. The van der Waals surface area contributed by atoms with E-state index in [0.717, 1.165) is 12.8 Å². The van der Waals surface area contributed by atoms with Crippen molar-refractivity contribution in [2.75, 3.05) is 0 Å². The Morgan fingerprint density at radius 2 is 1.89 bits per heavy atom. The summed E-state index contributed by atoms with van der Waals surface area (Å²) < 4.78 is 0. The molecule has 0 aliphatic rings. The number of hydrogen-bond donors (Lipinski definition) is 1. The Morgan fingerprint density at radius 3 is 2.00 bits per heavy atom. The van der Waals surface area contributed by atoms with Gasteiger partial charge in [-0.3, -0.25) is 4.79 Å². The number of aliphatic carboxylic acids is 1. The topological polar surface area (TPSA) is 37.3 Å². The summed E-state index contributed by atoms with van der Waals surface area (Å²) in [5, 5.41) is 8.04. The zero-order valence-electron chi connectivity index (χ0n) is 6.48. The average Bonchev–Trinajstić information content (AvgIpc) is 1.61. The molecule has 0 aliphatic carbocycles. The predicted octanol–water partition coefficient (Wildman–Crippen LogP) is 0.500. The van der Waals surface area contributed by atoms with Crippen LogP contribution < -0.4 is 0 Å². The molecular formula is C5H10Na2O2. The molecule has 0 aromatic heterocycles. The van der Waals surface area contributed by atoms with E-state index >= 15 is 0 Å². The molecule has 2 radical (unpaired) electrons. The molecule has 0 saturated carbocycles. The van der Waals surface area contributed by atoms with E-state index in [4.69, 9.17) is 5.11 Å². The summed E-state index contributed by atoms with van der Waals surface area (Å²) in [5.74, 6) is -0.693. The Morgan fingerprint density at radius 1 is 1.44 bits per heavy atom. The number of unbranched alkanes of at least 4 members (excludes halogenated alkanes) is 1. The Balaban J connectivity index is -0.000000180. The fourth-order valence-electron chi connectivity index (χ4n) is 0.328. The van der Waals surface area contributed by atoms with Crippen molar-refractivity contribution in [3.63, 3.8) is 0 Å². The van der Waals surface area contributed by atoms with E-state index in [1.807, 2.05) is 6.92 Å². The van der Waals surface area contributed by atoms with Crippen LogP contribution in [0.25, 0.3) is 0 Å². The van der Waals surface area contributed by atoms with Crippen molar-refractivity contribution in [2.45, 2.75) is 26.2 Å². The molecular weight excluding hydrogens is 138 g/mol. The van der Waals surface area contributed by atoms with Gasteiger partial charge in [0.2, 0.25) is 0 Å². The summed E-state index contributed by atoms with van der Waals surface area (Å²) in [6, 6.07) is 0. The molecule has 0 aromatic carbocycles. The quantitative estimate of drug-likeness (QED) is 0.592. The van der Waals surface area contributed by atoms with E-state index in [0.29, 0.717) is 6.42 Å². The minimum Gasteiger partial charge on any atom is -0.481 e. The standard InChI is InChI=1S/C5H10O2.2Na/c1-2-3-4-5(6)7;;/h2-4H2,1H3,(H,6,7);;. The van der Waals surface area contributed by atoms with Crippen LogP contribution in [-0.4, -0.2) is 70.2 Å². The molecule has 2 nitrogen and oxygen atoms in total. The van der Waals surface area contributed by atoms with Crippen LogP contribution >= 0.6 is 0 Å². The molecule has 0 atom stereocenters. The molecule has 0 amide bonds. The Hall–Kier alpha value is 1.47. The van der Waals surface area contributed by atoms with Crippen LogP contribution in [0.5, 0.6) is 0 Å². The second kappa shape index (κ2) is 12.2. The fourth-order valence-corrected chi connectivity index (χ4v) is 0.328. The third-order valence-corrected chi connectivity index (χ3v) is 0.744. The maximum absolute atomic E-state index is 9.76. The van der Waals surface area contributed by atoms with Gasteiger partial charge in [-0.2, -0.15) is 0 Å². The van der Waals surface area contributed by atoms with E-state index < -0.39 is 5.97 Å². The van der Waals surface area contributed by atoms with Gasteiger partial charge in [0.05, 0.1) is 0 Å². The first kappa shape index (κ1) is 16.8. The molecule has 0 aromatic rings. The summed E-state index contributed by atoms with van der Waals surface area (Å²) in [7, 11) is 0. The second-order valence-electron chi connectivity index (χ2n) is 1.50. The van der Waals surface area contributed by atoms with Crippen molar-refractivity contribution in [3.8, 4) is 0 Å². The largest absolute Gasteiger partial charge is 0.481 e. The van der Waals surface area contributed by atoms with Crippen LogP contribution in [0.1, 0.15) is 26.2 Å². The molecule has 9 heavy (non-hydrogen) atoms. The van der Waals surface area contributed by atoms with Gasteiger partial charge in [0.1, 0.15) is 0 Å². The molecule has 0 rings (SSSR count). The van der Waals surface area contributed by atoms with Crippen LogP contribution in [-0.2, 0) is 4.79 Å². The molecule has 4 heteroatoms. The monoisotopic (exact) mass is 148 g/mol. The van der Waals surface area contributed by atoms with Gasteiger partial charge in [0, 0.05) is 65.5 Å². The zero-order chi connectivity index (χ0) is 5.70. The van der Waals surface area contributed by atoms with Crippen molar-refractivity contribution in [2.24, 2.45) is 0 Å². The van der Waals surface area contributed by atoms with Gasteiger partial charge in [0.25, 0.3) is 0 Å². The molecule has 0 spiro atoms. The smallest absolute Gasteiger partial charge is 0.303 e. The Bertz CT molecular complexity index is 66.0. The third kappa shape index (κ3) is 17.7. The molecule has 1 N–H and O–H groups in total. The summed E-state index contributed by atoms with van der Waals surface area (Å²) in [5.41, 5.74) is 0. The first-order valence-electron chi connectivity index (χ1n) is 2.49. The summed E-state index contributed by atoms with van der Waals surface area (Å²) in [6.45, 7) is 1.98. The summed E-state index contributed by atoms with van der Waals surface area (Å²) >= 11 is 0. The number of rotatable bonds is 3. The van der Waals surface area contributed by atoms with Gasteiger partial charge in [0.15, 0.2) is 0 Å². The first-order chi connectivity index (χ1) is 3.27. The summed E-state index contributed by atoms with van der Waals surface area (Å²) in [6.07, 6.45) is 2.08. The van der Waals surface area contributed by atoms with Gasteiger partial charge < -0.3 is 5.11 Å². The van der Waals surface area contributed by atoms with E-state index in [1.165, 1.54) is 0 Å². The van der Waals surface area contributed by atoms with Crippen LogP contribution in [0, 0.1) is 0 Å². The SMILES string of the molecule is CCCCC(=O)O.[Na].[Na]. The van der Waals surface area contributed by atoms with Crippen molar-refractivity contribution in [1.82, 2.24) is 0 Å². The van der Waals surface area contributed by atoms with Crippen LogP contribution in [0.4, 0.5) is 0 Å². The van der Waals surface area contributed by atoms with Crippen molar-refractivity contribution in [3.05, 3.63) is 0 Å². The first-order valence-corrected chi connectivity index (χ1v) is 2.49. The minimum atomic E-state index is -0.693. The zero-order valence-corrected chi connectivity index (χ0v) is 10.5.